The number of hydrogen-bond donors (Lipinski definition) is 0. The first-order valence-electron chi connectivity index (χ1n) is 14.8. The molecule has 36 heavy (non-hydrogen) atoms. The lowest BCUT2D eigenvalue weighted by Gasteiger charge is -2.78. The molecule has 0 nitrogen and oxygen atoms in total. The standard InChI is InChI=1S/C29H69Si7/c1-24(2,3)34(21,25(4,5)6)30-31(35(22,26(7,8)9)27(10,11)12)33(19,20)32(30)36(23,28(13,14)15)29(16,17)18/h1-23H3. The van der Waals surface area contributed by atoms with Crippen LogP contribution in [0.15, 0.2) is 0 Å². The van der Waals surface area contributed by atoms with Gasteiger partial charge in [-0.1, -0.05) is 157 Å². The van der Waals surface area contributed by atoms with Crippen molar-refractivity contribution in [1.29, 1.82) is 0 Å². The van der Waals surface area contributed by atoms with Gasteiger partial charge in [0.2, 0.25) is 0 Å². The van der Waals surface area contributed by atoms with Gasteiger partial charge >= 0.3 is 0 Å². The Hall–Kier alpha value is 1.52. The summed E-state index contributed by atoms with van der Waals surface area (Å²) < 4.78 is 0. The molecule has 0 amide bonds. The molecule has 0 saturated carbocycles. The first-order valence-corrected chi connectivity index (χ1v) is 36.8. The van der Waals surface area contributed by atoms with Gasteiger partial charge in [-0.25, -0.2) is 0 Å². The third kappa shape index (κ3) is 4.84. The zero-order valence-corrected chi connectivity index (χ0v) is 36.5. The molecule has 1 aliphatic rings. The van der Waals surface area contributed by atoms with Gasteiger partial charge in [-0.05, 0) is 30.2 Å². The predicted molar refractivity (Wildman–Crippen MR) is 188 cm³/mol. The summed E-state index contributed by atoms with van der Waals surface area (Å²) >= 11 is 0. The normalized spacial score (nSPS) is 21.1. The molecule has 0 N–H and O–H groups in total. The van der Waals surface area contributed by atoms with Crippen LogP contribution >= 0.6 is 0 Å². The molecule has 0 aromatic carbocycles. The summed E-state index contributed by atoms with van der Waals surface area (Å²) in [5.41, 5.74) is 0. The van der Waals surface area contributed by atoms with E-state index in [0.29, 0.717) is 30.2 Å². The number of hydrogen-bond acceptors (Lipinski definition) is 0. The molecular formula is C29H69Si7. The molecule has 0 aromatic rings. The fraction of sp³-hybridized carbons (Fsp3) is 1.00. The van der Waals surface area contributed by atoms with Crippen molar-refractivity contribution >= 4 is 51.9 Å². The molecule has 7 heteroatoms. The van der Waals surface area contributed by atoms with Gasteiger partial charge in [0.15, 0.2) is 0 Å². The Balaban J connectivity index is 4.41. The lowest BCUT2D eigenvalue weighted by Crippen LogP contribution is -3.04. The van der Waals surface area contributed by atoms with Crippen LogP contribution in [0.3, 0.4) is 0 Å². The molecule has 0 unspecified atom stereocenters. The molecule has 0 aromatic heterocycles. The van der Waals surface area contributed by atoms with Crippen LogP contribution in [0.4, 0.5) is 0 Å². The zero-order valence-electron chi connectivity index (χ0n) is 29.5. The topological polar surface area (TPSA) is 0 Å². The summed E-state index contributed by atoms with van der Waals surface area (Å²) in [7, 11) is -7.26. The van der Waals surface area contributed by atoms with Gasteiger partial charge in [-0.2, -0.15) is 0 Å². The van der Waals surface area contributed by atoms with Gasteiger partial charge in [0.1, 0.15) is 0 Å². The minimum absolute atomic E-state index is 0.364. The minimum atomic E-state index is -1.62. The third-order valence-electron chi connectivity index (χ3n) is 12.2. The van der Waals surface area contributed by atoms with Gasteiger partial charge in [-0.3, -0.25) is 0 Å². The first-order chi connectivity index (χ1) is 15.1. The Kier molecular flexibility index (Phi) is 9.15. The molecule has 3 radical (unpaired) electrons. The van der Waals surface area contributed by atoms with Crippen molar-refractivity contribution in [3.63, 3.8) is 0 Å². The molecule has 1 heterocycles. The Morgan fingerprint density at radius 3 is 0.667 bits per heavy atom. The van der Waals surface area contributed by atoms with Crippen LogP contribution in [0.25, 0.3) is 0 Å². The fourth-order valence-electron chi connectivity index (χ4n) is 8.69. The van der Waals surface area contributed by atoms with Crippen LogP contribution < -0.4 is 0 Å². The third-order valence-corrected chi connectivity index (χ3v) is 169. The average molecular weight is 614 g/mol. The van der Waals surface area contributed by atoms with Crippen molar-refractivity contribution < 1.29 is 0 Å². The molecule has 0 atom stereocenters. The SMILES string of the molecule is CC(C)(C)[Si](C)([Si]1[Si]([Si](C)(C(C)(C)C)C(C)(C)C)[Si](C)(C)[Si]1[Si](C)(C(C)(C)C)C(C)(C)C)C(C)(C)C. The van der Waals surface area contributed by atoms with E-state index in [9.17, 15) is 0 Å². The molecular weight excluding hydrogens is 545 g/mol. The Morgan fingerprint density at radius 1 is 0.361 bits per heavy atom. The van der Waals surface area contributed by atoms with Crippen LogP contribution in [0.2, 0.25) is 63.0 Å². The van der Waals surface area contributed by atoms with E-state index < -0.39 is 37.2 Å². The van der Waals surface area contributed by atoms with Crippen LogP contribution in [0.1, 0.15) is 125 Å². The van der Waals surface area contributed by atoms with Crippen molar-refractivity contribution in [2.75, 3.05) is 0 Å². The highest BCUT2D eigenvalue weighted by atomic mass is 30.5. The lowest BCUT2D eigenvalue weighted by molar-refractivity contribution is 0.632. The molecule has 213 valence electrons. The van der Waals surface area contributed by atoms with Crippen molar-refractivity contribution in [3.05, 3.63) is 0 Å². The van der Waals surface area contributed by atoms with Crippen LogP contribution in [0, 0.1) is 0 Å². The second kappa shape index (κ2) is 9.26. The van der Waals surface area contributed by atoms with Gasteiger partial charge in [0.25, 0.3) is 0 Å². The molecule has 1 aliphatic heterocycles. The van der Waals surface area contributed by atoms with Crippen molar-refractivity contribution in [2.45, 2.75) is 188 Å². The summed E-state index contributed by atoms with van der Waals surface area (Å²) in [5, 5.41) is 2.90. The summed E-state index contributed by atoms with van der Waals surface area (Å²) in [6.07, 6.45) is 0. The maximum atomic E-state index is 3.01. The number of rotatable bonds is 3. The van der Waals surface area contributed by atoms with Crippen LogP contribution in [0.5, 0.6) is 0 Å². The van der Waals surface area contributed by atoms with Gasteiger partial charge in [0, 0.05) is 51.9 Å². The van der Waals surface area contributed by atoms with E-state index in [4.69, 9.17) is 0 Å². The summed E-state index contributed by atoms with van der Waals surface area (Å²) in [6.45, 7) is 63.4. The zero-order chi connectivity index (χ0) is 29.7. The molecule has 0 bridgehead atoms. The minimum Gasteiger partial charge on any atom is -0.0743 e. The van der Waals surface area contributed by atoms with Crippen molar-refractivity contribution in [2.24, 2.45) is 0 Å². The van der Waals surface area contributed by atoms with Gasteiger partial charge in [-0.15, -0.1) is 0 Å². The summed E-state index contributed by atoms with van der Waals surface area (Å²) in [5.74, 6) is 0. The van der Waals surface area contributed by atoms with E-state index in [2.05, 4.69) is 157 Å². The Labute approximate surface area is 238 Å². The van der Waals surface area contributed by atoms with E-state index >= 15 is 0 Å². The van der Waals surface area contributed by atoms with E-state index in [1.54, 1.807) is 0 Å². The highest BCUT2D eigenvalue weighted by Gasteiger charge is 2.80. The maximum Gasteiger partial charge on any atom is 0.0462 e. The average Bonchev–Trinajstić information content (AvgIpc) is 2.52. The first kappa shape index (κ1) is 35.5. The van der Waals surface area contributed by atoms with Crippen LogP contribution in [-0.4, -0.2) is 51.9 Å². The Bertz CT molecular complexity index is 712. The van der Waals surface area contributed by atoms with Crippen LogP contribution in [-0.2, 0) is 0 Å². The van der Waals surface area contributed by atoms with Crippen molar-refractivity contribution in [3.8, 4) is 0 Å². The monoisotopic (exact) mass is 613 g/mol. The van der Waals surface area contributed by atoms with E-state index in [-0.39, 0.29) is 14.7 Å². The second-order valence-corrected chi connectivity index (χ2v) is 85.9. The predicted octanol–water partition coefficient (Wildman–Crippen LogP) is 10.8. The molecule has 1 saturated heterocycles. The lowest BCUT2D eigenvalue weighted by atomic mass is 10.2. The van der Waals surface area contributed by atoms with E-state index in [1.165, 1.54) is 0 Å². The highest BCUT2D eigenvalue weighted by Crippen LogP contribution is 2.65. The molecule has 1 rings (SSSR count). The molecule has 1 fully saturated rings. The van der Waals surface area contributed by atoms with E-state index in [1.807, 2.05) is 0 Å². The quantitative estimate of drug-likeness (QED) is 0.278. The molecule has 0 aliphatic carbocycles. The largest absolute Gasteiger partial charge is 0.0743 e. The van der Waals surface area contributed by atoms with Crippen molar-refractivity contribution in [1.82, 2.24) is 0 Å². The van der Waals surface area contributed by atoms with Gasteiger partial charge < -0.3 is 0 Å². The van der Waals surface area contributed by atoms with Gasteiger partial charge in [0.05, 0.1) is 0 Å². The van der Waals surface area contributed by atoms with E-state index in [0.717, 1.165) is 0 Å². The molecule has 0 spiro atoms. The highest BCUT2D eigenvalue weighted by molar-refractivity contribution is 8.25. The fourth-order valence-corrected chi connectivity index (χ4v) is 305. The smallest absolute Gasteiger partial charge is 0.0462 e. The summed E-state index contributed by atoms with van der Waals surface area (Å²) in [6, 6.07) is 0. The maximum absolute atomic E-state index is 3.01. The second-order valence-electron chi connectivity index (χ2n) is 19.6. The Morgan fingerprint density at radius 2 is 0.528 bits per heavy atom. The summed E-state index contributed by atoms with van der Waals surface area (Å²) in [4.78, 5) is 0.